The molecule has 1 aliphatic carbocycles. The highest BCUT2D eigenvalue weighted by Crippen LogP contribution is 2.43. The number of benzene rings is 2. The fourth-order valence-electron chi connectivity index (χ4n) is 3.42. The SMILES string of the molecule is CC1=CC[C@@H](CCl)c2c1cc(OC(=O)NCCN(C)C)c1ccccc21. The largest absolute Gasteiger partial charge is 0.412 e. The predicted molar refractivity (Wildman–Crippen MR) is 108 cm³/mol. The van der Waals surface area contributed by atoms with E-state index in [9.17, 15) is 4.79 Å². The molecule has 0 unspecified atom stereocenters. The van der Waals surface area contributed by atoms with Crippen LogP contribution in [-0.2, 0) is 0 Å². The topological polar surface area (TPSA) is 41.6 Å². The molecule has 138 valence electrons. The van der Waals surface area contributed by atoms with Crippen LogP contribution in [0.5, 0.6) is 5.75 Å². The van der Waals surface area contributed by atoms with Crippen LogP contribution in [-0.4, -0.2) is 44.1 Å². The van der Waals surface area contributed by atoms with Gasteiger partial charge in [0.05, 0.1) is 0 Å². The molecule has 0 aliphatic heterocycles. The molecule has 0 bridgehead atoms. The molecule has 1 N–H and O–H groups in total. The molecule has 5 heteroatoms. The number of likely N-dealkylation sites (N-methyl/N-ethyl adjacent to an activating group) is 1. The average Bonchev–Trinajstić information content (AvgIpc) is 2.62. The number of nitrogens with one attached hydrogen (secondary N) is 1. The fraction of sp³-hybridized carbons (Fsp3) is 0.381. The van der Waals surface area contributed by atoms with Gasteiger partial charge in [-0.15, -0.1) is 11.6 Å². The second-order valence-electron chi connectivity index (χ2n) is 6.98. The van der Waals surface area contributed by atoms with Gasteiger partial charge in [-0.05, 0) is 55.6 Å². The highest BCUT2D eigenvalue weighted by atomic mass is 35.5. The number of carbonyl (C=O) groups is 1. The van der Waals surface area contributed by atoms with E-state index in [1.54, 1.807) is 0 Å². The molecule has 26 heavy (non-hydrogen) atoms. The summed E-state index contributed by atoms with van der Waals surface area (Å²) < 4.78 is 5.66. The van der Waals surface area contributed by atoms with Crippen LogP contribution >= 0.6 is 11.6 Å². The van der Waals surface area contributed by atoms with Gasteiger partial charge in [0.25, 0.3) is 0 Å². The van der Waals surface area contributed by atoms with E-state index in [1.807, 2.05) is 43.3 Å². The maximum atomic E-state index is 12.2. The van der Waals surface area contributed by atoms with Crippen molar-refractivity contribution in [2.75, 3.05) is 33.1 Å². The molecular formula is C21H25ClN2O2. The lowest BCUT2D eigenvalue weighted by molar-refractivity contribution is 0.200. The number of fused-ring (bicyclic) bond motifs is 3. The summed E-state index contributed by atoms with van der Waals surface area (Å²) in [5, 5.41) is 4.85. The Labute approximate surface area is 159 Å². The molecule has 0 fully saturated rings. The third-order valence-corrected chi connectivity index (χ3v) is 5.18. The number of hydrogen-bond acceptors (Lipinski definition) is 3. The molecule has 4 nitrogen and oxygen atoms in total. The number of alkyl halides is 1. The van der Waals surface area contributed by atoms with Crippen LogP contribution < -0.4 is 10.1 Å². The lowest BCUT2D eigenvalue weighted by atomic mass is 9.81. The number of allylic oxidation sites excluding steroid dienone is 2. The van der Waals surface area contributed by atoms with Crippen LogP contribution in [0.15, 0.2) is 36.4 Å². The van der Waals surface area contributed by atoms with E-state index in [0.29, 0.717) is 18.2 Å². The monoisotopic (exact) mass is 372 g/mol. The van der Waals surface area contributed by atoms with Crippen molar-refractivity contribution in [3.63, 3.8) is 0 Å². The Morgan fingerprint density at radius 2 is 2.04 bits per heavy atom. The minimum atomic E-state index is -0.428. The molecule has 0 saturated heterocycles. The van der Waals surface area contributed by atoms with E-state index < -0.39 is 6.09 Å². The first kappa shape index (κ1) is 18.7. The number of amides is 1. The van der Waals surface area contributed by atoms with Gasteiger partial charge in [0.1, 0.15) is 5.75 Å². The minimum Gasteiger partial charge on any atom is -0.410 e. The number of hydrogen-bond donors (Lipinski definition) is 1. The maximum Gasteiger partial charge on any atom is 0.412 e. The van der Waals surface area contributed by atoms with E-state index in [2.05, 4.69) is 24.4 Å². The zero-order valence-corrected chi connectivity index (χ0v) is 16.3. The number of carbonyl (C=O) groups excluding carboxylic acids is 1. The first-order valence-corrected chi connectivity index (χ1v) is 9.44. The normalized spacial score (nSPS) is 16.3. The van der Waals surface area contributed by atoms with Crippen LogP contribution in [0.25, 0.3) is 16.3 Å². The second kappa shape index (κ2) is 8.11. The molecule has 0 saturated carbocycles. The molecular weight excluding hydrogens is 348 g/mol. The fourth-order valence-corrected chi connectivity index (χ4v) is 3.70. The van der Waals surface area contributed by atoms with Crippen molar-refractivity contribution in [1.29, 1.82) is 0 Å². The quantitative estimate of drug-likeness (QED) is 0.778. The van der Waals surface area contributed by atoms with Gasteiger partial charge in [0.15, 0.2) is 0 Å². The molecule has 2 aromatic carbocycles. The van der Waals surface area contributed by atoms with Gasteiger partial charge in [-0.25, -0.2) is 4.79 Å². The third kappa shape index (κ3) is 3.87. The van der Waals surface area contributed by atoms with Crippen molar-refractivity contribution >= 4 is 34.0 Å². The van der Waals surface area contributed by atoms with Gasteiger partial charge in [0.2, 0.25) is 0 Å². The number of nitrogens with zero attached hydrogens (tertiary/aromatic N) is 1. The van der Waals surface area contributed by atoms with Gasteiger partial charge in [-0.2, -0.15) is 0 Å². The third-order valence-electron chi connectivity index (χ3n) is 4.81. The Morgan fingerprint density at radius 3 is 2.73 bits per heavy atom. The lowest BCUT2D eigenvalue weighted by Crippen LogP contribution is -2.33. The summed E-state index contributed by atoms with van der Waals surface area (Å²) in [5.41, 5.74) is 3.58. The van der Waals surface area contributed by atoms with Crippen molar-refractivity contribution < 1.29 is 9.53 Å². The zero-order chi connectivity index (χ0) is 18.7. The Kier molecular flexibility index (Phi) is 5.84. The molecule has 3 rings (SSSR count). The number of halogens is 1. The Balaban J connectivity index is 1.97. The summed E-state index contributed by atoms with van der Waals surface area (Å²) in [5.74, 6) is 1.44. The zero-order valence-electron chi connectivity index (χ0n) is 15.5. The van der Waals surface area contributed by atoms with E-state index in [4.69, 9.17) is 16.3 Å². The van der Waals surface area contributed by atoms with Gasteiger partial charge in [-0.1, -0.05) is 30.3 Å². The summed E-state index contributed by atoms with van der Waals surface area (Å²) in [6.07, 6.45) is 2.73. The van der Waals surface area contributed by atoms with E-state index in [1.165, 1.54) is 11.1 Å². The van der Waals surface area contributed by atoms with Crippen molar-refractivity contribution in [3.05, 3.63) is 47.5 Å². The molecule has 1 atom stereocenters. The predicted octanol–water partition coefficient (Wildman–Crippen LogP) is 4.62. The van der Waals surface area contributed by atoms with Gasteiger partial charge in [0, 0.05) is 30.3 Å². The summed E-state index contributed by atoms with van der Waals surface area (Å²) >= 11 is 6.23. The standard InChI is InChI=1S/C21H25ClN2O2/c1-14-8-9-15(13-22)20-17-7-5-4-6-16(17)19(12-18(14)20)26-21(25)23-10-11-24(2)3/h4-8,12,15H,9-11,13H2,1-3H3,(H,23,25)/t15-/m0/s1. The second-order valence-corrected chi connectivity index (χ2v) is 7.28. The average molecular weight is 373 g/mol. The van der Waals surface area contributed by atoms with Crippen LogP contribution in [0, 0.1) is 0 Å². The van der Waals surface area contributed by atoms with Gasteiger partial charge >= 0.3 is 6.09 Å². The van der Waals surface area contributed by atoms with Crippen LogP contribution in [0.2, 0.25) is 0 Å². The molecule has 0 aromatic heterocycles. The van der Waals surface area contributed by atoms with Crippen LogP contribution in [0.3, 0.4) is 0 Å². The van der Waals surface area contributed by atoms with Crippen LogP contribution in [0.1, 0.15) is 30.4 Å². The van der Waals surface area contributed by atoms with E-state index in [0.717, 1.165) is 29.3 Å². The first-order valence-electron chi connectivity index (χ1n) is 8.90. The smallest absolute Gasteiger partial charge is 0.410 e. The molecule has 1 aliphatic rings. The Hall–Kier alpha value is -2.04. The van der Waals surface area contributed by atoms with Crippen LogP contribution in [0.4, 0.5) is 4.79 Å². The summed E-state index contributed by atoms with van der Waals surface area (Å²) in [6, 6.07) is 10.0. The van der Waals surface area contributed by atoms with Crippen molar-refractivity contribution in [2.24, 2.45) is 0 Å². The summed E-state index contributed by atoms with van der Waals surface area (Å²) in [6.45, 7) is 3.40. The maximum absolute atomic E-state index is 12.2. The summed E-state index contributed by atoms with van der Waals surface area (Å²) in [4.78, 5) is 14.2. The molecule has 0 radical (unpaired) electrons. The minimum absolute atomic E-state index is 0.281. The number of ether oxygens (including phenoxy) is 1. The van der Waals surface area contributed by atoms with Crippen molar-refractivity contribution in [2.45, 2.75) is 19.3 Å². The van der Waals surface area contributed by atoms with Crippen molar-refractivity contribution in [1.82, 2.24) is 10.2 Å². The van der Waals surface area contributed by atoms with E-state index in [-0.39, 0.29) is 5.92 Å². The molecule has 1 amide bonds. The Bertz CT molecular complexity index is 845. The summed E-state index contributed by atoms with van der Waals surface area (Å²) in [7, 11) is 3.93. The highest BCUT2D eigenvalue weighted by molar-refractivity contribution is 6.18. The highest BCUT2D eigenvalue weighted by Gasteiger charge is 2.24. The lowest BCUT2D eigenvalue weighted by Gasteiger charge is -2.26. The Morgan fingerprint density at radius 1 is 1.31 bits per heavy atom. The number of rotatable bonds is 5. The van der Waals surface area contributed by atoms with Gasteiger partial charge < -0.3 is 15.0 Å². The molecule has 0 heterocycles. The first-order chi connectivity index (χ1) is 12.5. The van der Waals surface area contributed by atoms with E-state index >= 15 is 0 Å². The van der Waals surface area contributed by atoms with Crippen molar-refractivity contribution in [3.8, 4) is 5.75 Å². The molecule has 2 aromatic rings. The molecule has 0 spiro atoms. The van der Waals surface area contributed by atoms with Gasteiger partial charge in [-0.3, -0.25) is 0 Å².